The second kappa shape index (κ2) is 8.97. The molecule has 2 aromatic heterocycles. The van der Waals surface area contributed by atoms with E-state index in [0.29, 0.717) is 60.6 Å². The fraction of sp³-hybridized carbons (Fsp3) is 0.480. The van der Waals surface area contributed by atoms with E-state index in [0.717, 1.165) is 0 Å². The third kappa shape index (κ3) is 4.43. The van der Waals surface area contributed by atoms with Crippen LogP contribution in [0.2, 0.25) is 5.02 Å². The minimum Gasteiger partial charge on any atom is -0.480 e. The molecule has 2 aliphatic heterocycles. The minimum atomic E-state index is -3.12. The number of piperidine rings is 1. The average Bonchev–Trinajstić information content (AvgIpc) is 3.71. The first-order valence-corrected chi connectivity index (χ1v) is 12.7. The summed E-state index contributed by atoms with van der Waals surface area (Å²) in [7, 11) is 1.58. The van der Waals surface area contributed by atoms with Crippen molar-refractivity contribution < 1.29 is 17.9 Å². The molecule has 0 amide bonds. The molecule has 0 bridgehead atoms. The standard InChI is InChI=1S/C25H26ClF3N6O2/c1-34-18-7-6-15(31-22-17(26)10-30-24(33-22)35-8-2-3-14(27)11-35)9-16(18)19-20(23(34)36)37-12-25(28,29)21(32-19)13-4-5-13/h6-7,9-10,13-14,21,32H,2-5,8,11-12H2,1H3,(H,30,31,33)/t14?,21-/m0/s1. The van der Waals surface area contributed by atoms with Crippen molar-refractivity contribution in [2.45, 2.75) is 43.8 Å². The van der Waals surface area contributed by atoms with Crippen molar-refractivity contribution in [3.8, 4) is 5.75 Å². The number of anilines is 4. The molecular formula is C25H26ClF3N6O2. The van der Waals surface area contributed by atoms with E-state index < -0.39 is 30.3 Å². The average molecular weight is 535 g/mol. The highest BCUT2D eigenvalue weighted by Gasteiger charge is 2.51. The molecular weight excluding hydrogens is 509 g/mol. The summed E-state index contributed by atoms with van der Waals surface area (Å²) in [6, 6.07) is 4.09. The van der Waals surface area contributed by atoms with Crippen molar-refractivity contribution in [3.05, 3.63) is 39.8 Å². The lowest BCUT2D eigenvalue weighted by Gasteiger charge is -2.29. The van der Waals surface area contributed by atoms with Gasteiger partial charge in [-0.25, -0.2) is 18.2 Å². The fourth-order valence-electron chi connectivity index (χ4n) is 5.13. The van der Waals surface area contributed by atoms with Crippen LogP contribution < -0.4 is 25.8 Å². The molecule has 2 fully saturated rings. The van der Waals surface area contributed by atoms with Gasteiger partial charge in [-0.15, -0.1) is 0 Å². The number of nitrogens with one attached hydrogen (secondary N) is 2. The SMILES string of the molecule is Cn1c(=O)c2c(c3cc(Nc4nc(N5CCCC(F)C5)ncc4Cl)ccc31)N[C@@H](C1CC1)C(F)(F)CO2. The molecule has 1 aromatic carbocycles. The Morgan fingerprint density at radius 2 is 2.08 bits per heavy atom. The van der Waals surface area contributed by atoms with Crippen molar-refractivity contribution in [2.24, 2.45) is 13.0 Å². The first kappa shape index (κ1) is 24.1. The van der Waals surface area contributed by atoms with Crippen LogP contribution in [-0.2, 0) is 7.05 Å². The van der Waals surface area contributed by atoms with Crippen molar-refractivity contribution in [1.82, 2.24) is 14.5 Å². The number of benzene rings is 1. The zero-order chi connectivity index (χ0) is 25.9. The van der Waals surface area contributed by atoms with Gasteiger partial charge >= 0.3 is 5.92 Å². The van der Waals surface area contributed by atoms with Gasteiger partial charge in [-0.05, 0) is 49.8 Å². The Labute approximate surface area is 215 Å². The maximum Gasteiger partial charge on any atom is 0.301 e. The number of hydrogen-bond donors (Lipinski definition) is 2. The normalized spacial score (nSPS) is 23.1. The van der Waals surface area contributed by atoms with E-state index in [4.69, 9.17) is 16.3 Å². The Balaban J connectivity index is 1.39. The number of fused-ring (bicyclic) bond motifs is 3. The van der Waals surface area contributed by atoms with E-state index in [1.165, 1.54) is 10.8 Å². The zero-order valence-corrected chi connectivity index (χ0v) is 20.9. The molecule has 12 heteroatoms. The maximum absolute atomic E-state index is 14.9. The lowest BCUT2D eigenvalue weighted by Crippen LogP contribution is -2.44. The molecule has 1 saturated carbocycles. The fourth-order valence-corrected chi connectivity index (χ4v) is 5.27. The zero-order valence-electron chi connectivity index (χ0n) is 20.1. The van der Waals surface area contributed by atoms with Gasteiger partial charge in [0.15, 0.2) is 12.4 Å². The van der Waals surface area contributed by atoms with Crippen LogP contribution in [0.25, 0.3) is 10.9 Å². The van der Waals surface area contributed by atoms with Crippen LogP contribution in [0.1, 0.15) is 25.7 Å². The molecule has 0 radical (unpaired) electrons. The summed E-state index contributed by atoms with van der Waals surface area (Å²) >= 11 is 6.37. The summed E-state index contributed by atoms with van der Waals surface area (Å²) in [5.41, 5.74) is 0.899. The Morgan fingerprint density at radius 1 is 1.27 bits per heavy atom. The monoisotopic (exact) mass is 534 g/mol. The first-order valence-electron chi connectivity index (χ1n) is 12.3. The lowest BCUT2D eigenvalue weighted by atomic mass is 10.0. The van der Waals surface area contributed by atoms with Gasteiger partial charge in [-0.1, -0.05) is 11.6 Å². The van der Waals surface area contributed by atoms with E-state index in [-0.39, 0.29) is 28.9 Å². The number of aryl methyl sites for hydroxylation is 1. The van der Waals surface area contributed by atoms with E-state index in [1.54, 1.807) is 30.1 Å². The quantitative estimate of drug-likeness (QED) is 0.493. The van der Waals surface area contributed by atoms with Crippen LogP contribution in [0.5, 0.6) is 5.75 Å². The Bertz CT molecular complexity index is 1430. The summed E-state index contributed by atoms with van der Waals surface area (Å²) in [5, 5.41) is 6.96. The molecule has 3 aromatic rings. The van der Waals surface area contributed by atoms with Crippen LogP contribution in [0, 0.1) is 5.92 Å². The molecule has 1 saturated heterocycles. The lowest BCUT2D eigenvalue weighted by molar-refractivity contribution is -0.0579. The highest BCUT2D eigenvalue weighted by Crippen LogP contribution is 2.45. The maximum atomic E-state index is 14.9. The number of halogens is 4. The third-order valence-corrected chi connectivity index (χ3v) is 7.53. The van der Waals surface area contributed by atoms with Crippen LogP contribution in [0.3, 0.4) is 0 Å². The highest BCUT2D eigenvalue weighted by atomic mass is 35.5. The molecule has 1 unspecified atom stereocenters. The Morgan fingerprint density at radius 3 is 2.84 bits per heavy atom. The molecule has 3 aliphatic rings. The number of pyridine rings is 1. The van der Waals surface area contributed by atoms with Gasteiger partial charge in [0, 0.05) is 24.7 Å². The van der Waals surface area contributed by atoms with E-state index in [9.17, 15) is 18.0 Å². The van der Waals surface area contributed by atoms with Gasteiger partial charge in [0.05, 0.1) is 30.0 Å². The molecule has 2 atom stereocenters. The van der Waals surface area contributed by atoms with Gasteiger partial charge in [-0.3, -0.25) is 4.79 Å². The molecule has 37 heavy (non-hydrogen) atoms. The van der Waals surface area contributed by atoms with E-state index in [1.807, 2.05) is 0 Å². The molecule has 196 valence electrons. The van der Waals surface area contributed by atoms with Crippen molar-refractivity contribution in [1.29, 1.82) is 0 Å². The molecule has 4 heterocycles. The van der Waals surface area contributed by atoms with Crippen LogP contribution in [0.4, 0.5) is 36.3 Å². The van der Waals surface area contributed by atoms with Crippen LogP contribution >= 0.6 is 11.6 Å². The van der Waals surface area contributed by atoms with Gasteiger partial charge in [0.1, 0.15) is 11.2 Å². The van der Waals surface area contributed by atoms with Crippen LogP contribution in [0.15, 0.2) is 29.2 Å². The third-order valence-electron chi connectivity index (χ3n) is 7.25. The van der Waals surface area contributed by atoms with Gasteiger partial charge < -0.3 is 24.8 Å². The number of aromatic nitrogens is 3. The van der Waals surface area contributed by atoms with Gasteiger partial charge in [-0.2, -0.15) is 4.98 Å². The molecule has 6 rings (SSSR count). The minimum absolute atomic E-state index is 0.122. The number of rotatable bonds is 4. The van der Waals surface area contributed by atoms with E-state index in [2.05, 4.69) is 20.6 Å². The second-order valence-corrected chi connectivity index (χ2v) is 10.4. The predicted octanol–water partition coefficient (Wildman–Crippen LogP) is 4.88. The molecule has 2 N–H and O–H groups in total. The predicted molar refractivity (Wildman–Crippen MR) is 136 cm³/mol. The van der Waals surface area contributed by atoms with Gasteiger partial charge in [0.2, 0.25) is 11.7 Å². The largest absolute Gasteiger partial charge is 0.480 e. The number of alkyl halides is 3. The second-order valence-electron chi connectivity index (χ2n) is 9.99. The van der Waals surface area contributed by atoms with Crippen LogP contribution in [-0.4, -0.2) is 52.4 Å². The first-order chi connectivity index (χ1) is 17.7. The Kier molecular flexibility index (Phi) is 5.85. The van der Waals surface area contributed by atoms with E-state index >= 15 is 0 Å². The smallest absolute Gasteiger partial charge is 0.301 e. The summed E-state index contributed by atoms with van der Waals surface area (Å²) in [6.45, 7) is 0.00812. The van der Waals surface area contributed by atoms with Gasteiger partial charge in [0.25, 0.3) is 5.56 Å². The summed E-state index contributed by atoms with van der Waals surface area (Å²) in [5.74, 6) is -2.72. The summed E-state index contributed by atoms with van der Waals surface area (Å²) in [4.78, 5) is 23.5. The molecule has 0 spiro atoms. The highest BCUT2D eigenvalue weighted by molar-refractivity contribution is 6.32. The van der Waals surface area contributed by atoms with Crippen molar-refractivity contribution in [2.75, 3.05) is 35.2 Å². The Hall–Kier alpha value is -3.21. The van der Waals surface area contributed by atoms with Crippen molar-refractivity contribution >= 4 is 45.6 Å². The molecule has 8 nitrogen and oxygen atoms in total. The topological polar surface area (TPSA) is 84.3 Å². The molecule has 1 aliphatic carbocycles. The number of hydrogen-bond acceptors (Lipinski definition) is 7. The number of nitrogens with zero attached hydrogens (tertiary/aromatic N) is 4. The number of ether oxygens (including phenoxy) is 1. The summed E-state index contributed by atoms with van der Waals surface area (Å²) < 4.78 is 50.5. The van der Waals surface area contributed by atoms with Crippen molar-refractivity contribution in [3.63, 3.8) is 0 Å². The summed E-state index contributed by atoms with van der Waals surface area (Å²) in [6.07, 6.45) is 3.15.